The molecule has 1 saturated heterocycles. The van der Waals surface area contributed by atoms with Crippen molar-refractivity contribution in [3.8, 4) is 0 Å². The van der Waals surface area contributed by atoms with Crippen LogP contribution in [-0.2, 0) is 16.0 Å². The lowest BCUT2D eigenvalue weighted by Crippen LogP contribution is -2.41. The Morgan fingerprint density at radius 1 is 1.21 bits per heavy atom. The first-order chi connectivity index (χ1) is 9.26. The van der Waals surface area contributed by atoms with Crippen molar-refractivity contribution >= 4 is 11.6 Å². The van der Waals surface area contributed by atoms with Crippen LogP contribution in [0.15, 0.2) is 24.3 Å². The second-order valence-corrected chi connectivity index (χ2v) is 5.83. The molecule has 1 heterocycles. The van der Waals surface area contributed by atoms with Gasteiger partial charge in [0, 0.05) is 30.5 Å². The molecule has 1 aliphatic carbocycles. The molecule has 19 heavy (non-hydrogen) atoms. The number of rotatable bonds is 3. The van der Waals surface area contributed by atoms with Crippen LogP contribution in [0.2, 0.25) is 5.02 Å². The van der Waals surface area contributed by atoms with Crippen molar-refractivity contribution in [2.75, 3.05) is 13.2 Å². The van der Waals surface area contributed by atoms with Crippen LogP contribution >= 0.6 is 11.6 Å². The van der Waals surface area contributed by atoms with E-state index < -0.39 is 0 Å². The Hall–Kier alpha value is -0.610. The molecule has 1 spiro atoms. The maximum atomic E-state index is 5.99. The molecule has 1 aromatic rings. The largest absolute Gasteiger partial charge is 0.348 e. The molecule has 2 aliphatic rings. The average molecular weight is 282 g/mol. The molecule has 0 amide bonds. The van der Waals surface area contributed by atoms with E-state index in [1.165, 1.54) is 5.56 Å². The van der Waals surface area contributed by atoms with E-state index in [0.717, 1.165) is 50.5 Å². The quantitative estimate of drug-likeness (QED) is 0.923. The summed E-state index contributed by atoms with van der Waals surface area (Å²) in [6.07, 6.45) is 4.22. The van der Waals surface area contributed by atoms with Crippen molar-refractivity contribution < 1.29 is 9.47 Å². The Kier molecular flexibility index (Phi) is 4.08. The molecule has 0 aromatic heterocycles. The summed E-state index contributed by atoms with van der Waals surface area (Å²) in [4.78, 5) is 0. The summed E-state index contributed by atoms with van der Waals surface area (Å²) < 4.78 is 11.5. The molecule has 1 aliphatic heterocycles. The van der Waals surface area contributed by atoms with Gasteiger partial charge in [0.25, 0.3) is 0 Å². The maximum Gasteiger partial charge on any atom is 0.168 e. The van der Waals surface area contributed by atoms with E-state index in [1.807, 2.05) is 18.2 Å². The second kappa shape index (κ2) is 5.80. The van der Waals surface area contributed by atoms with Crippen molar-refractivity contribution in [1.29, 1.82) is 0 Å². The van der Waals surface area contributed by atoms with E-state index >= 15 is 0 Å². The van der Waals surface area contributed by atoms with E-state index in [9.17, 15) is 0 Å². The summed E-state index contributed by atoms with van der Waals surface area (Å²) in [6, 6.07) is 8.58. The van der Waals surface area contributed by atoms with E-state index in [-0.39, 0.29) is 5.79 Å². The molecule has 1 aromatic carbocycles. The highest BCUT2D eigenvalue weighted by Gasteiger charge is 2.40. The zero-order valence-electron chi connectivity index (χ0n) is 11.0. The lowest BCUT2D eigenvalue weighted by Gasteiger charge is -2.35. The molecule has 3 rings (SSSR count). The SMILES string of the molecule is Clc1cccc(CNC2CCC3(CC2)OCCO3)c1. The van der Waals surface area contributed by atoms with Gasteiger partial charge in [-0.05, 0) is 30.5 Å². The van der Waals surface area contributed by atoms with Crippen molar-refractivity contribution in [3.63, 3.8) is 0 Å². The van der Waals surface area contributed by atoms with Crippen LogP contribution in [0.25, 0.3) is 0 Å². The average Bonchev–Trinajstić information content (AvgIpc) is 2.87. The van der Waals surface area contributed by atoms with Crippen molar-refractivity contribution in [2.24, 2.45) is 0 Å². The zero-order chi connectivity index (χ0) is 13.1. The van der Waals surface area contributed by atoms with Gasteiger partial charge in [-0.15, -0.1) is 0 Å². The predicted molar refractivity (Wildman–Crippen MR) is 75.2 cm³/mol. The van der Waals surface area contributed by atoms with Gasteiger partial charge in [0.15, 0.2) is 5.79 Å². The van der Waals surface area contributed by atoms with E-state index in [4.69, 9.17) is 21.1 Å². The molecule has 3 nitrogen and oxygen atoms in total. The molecule has 1 saturated carbocycles. The number of hydrogen-bond acceptors (Lipinski definition) is 3. The molecule has 4 heteroatoms. The van der Waals surface area contributed by atoms with Crippen LogP contribution in [0.5, 0.6) is 0 Å². The number of hydrogen-bond donors (Lipinski definition) is 1. The summed E-state index contributed by atoms with van der Waals surface area (Å²) in [6.45, 7) is 2.38. The van der Waals surface area contributed by atoms with Crippen LogP contribution in [-0.4, -0.2) is 25.0 Å². The van der Waals surface area contributed by atoms with Crippen molar-refractivity contribution in [3.05, 3.63) is 34.9 Å². The summed E-state index contributed by atoms with van der Waals surface area (Å²) in [5.41, 5.74) is 1.24. The molecule has 104 valence electrons. The third kappa shape index (κ3) is 3.29. The third-order valence-corrected chi connectivity index (χ3v) is 4.28. The van der Waals surface area contributed by atoms with Crippen LogP contribution in [0.3, 0.4) is 0 Å². The Labute approximate surface area is 119 Å². The van der Waals surface area contributed by atoms with Gasteiger partial charge in [0.2, 0.25) is 0 Å². The lowest BCUT2D eigenvalue weighted by molar-refractivity contribution is -0.179. The fraction of sp³-hybridized carbons (Fsp3) is 0.600. The van der Waals surface area contributed by atoms with Crippen LogP contribution in [0, 0.1) is 0 Å². The zero-order valence-corrected chi connectivity index (χ0v) is 11.8. The highest BCUT2D eigenvalue weighted by atomic mass is 35.5. The van der Waals surface area contributed by atoms with Crippen LogP contribution in [0.4, 0.5) is 0 Å². The van der Waals surface area contributed by atoms with E-state index in [0.29, 0.717) is 6.04 Å². The number of halogens is 1. The minimum Gasteiger partial charge on any atom is -0.348 e. The fourth-order valence-corrected chi connectivity index (χ4v) is 3.17. The topological polar surface area (TPSA) is 30.5 Å². The molecular formula is C15H20ClNO2. The van der Waals surface area contributed by atoms with E-state index in [1.54, 1.807) is 0 Å². The highest BCUT2D eigenvalue weighted by Crippen LogP contribution is 2.35. The monoisotopic (exact) mass is 281 g/mol. The highest BCUT2D eigenvalue weighted by molar-refractivity contribution is 6.30. The third-order valence-electron chi connectivity index (χ3n) is 4.04. The Morgan fingerprint density at radius 2 is 1.95 bits per heavy atom. The first-order valence-electron chi connectivity index (χ1n) is 7.02. The van der Waals surface area contributed by atoms with Gasteiger partial charge >= 0.3 is 0 Å². The lowest BCUT2D eigenvalue weighted by atomic mass is 9.90. The summed E-state index contributed by atoms with van der Waals surface area (Å²) in [5.74, 6) is -0.256. The van der Waals surface area contributed by atoms with Gasteiger partial charge < -0.3 is 14.8 Å². The predicted octanol–water partition coefficient (Wildman–Crippen LogP) is 3.12. The Bertz CT molecular complexity index is 422. The number of benzene rings is 1. The van der Waals surface area contributed by atoms with Gasteiger partial charge in [-0.2, -0.15) is 0 Å². The molecule has 0 atom stereocenters. The van der Waals surface area contributed by atoms with Gasteiger partial charge in [0.1, 0.15) is 0 Å². The first-order valence-corrected chi connectivity index (χ1v) is 7.39. The maximum absolute atomic E-state index is 5.99. The summed E-state index contributed by atoms with van der Waals surface area (Å²) in [7, 11) is 0. The molecular weight excluding hydrogens is 262 g/mol. The minimum absolute atomic E-state index is 0.256. The number of nitrogens with one attached hydrogen (secondary N) is 1. The Morgan fingerprint density at radius 3 is 2.63 bits per heavy atom. The smallest absolute Gasteiger partial charge is 0.168 e. The first kappa shape index (κ1) is 13.4. The molecule has 0 unspecified atom stereocenters. The Balaban J connectivity index is 1.47. The minimum atomic E-state index is -0.256. The van der Waals surface area contributed by atoms with Crippen LogP contribution < -0.4 is 5.32 Å². The molecule has 0 bridgehead atoms. The fourth-order valence-electron chi connectivity index (χ4n) is 2.96. The van der Waals surface area contributed by atoms with Gasteiger partial charge in [-0.1, -0.05) is 23.7 Å². The van der Waals surface area contributed by atoms with Gasteiger partial charge in [-0.3, -0.25) is 0 Å². The second-order valence-electron chi connectivity index (χ2n) is 5.39. The van der Waals surface area contributed by atoms with Crippen LogP contribution in [0.1, 0.15) is 31.2 Å². The summed E-state index contributed by atoms with van der Waals surface area (Å²) >= 11 is 5.99. The van der Waals surface area contributed by atoms with Gasteiger partial charge in [-0.25, -0.2) is 0 Å². The van der Waals surface area contributed by atoms with Crippen molar-refractivity contribution in [1.82, 2.24) is 5.32 Å². The molecule has 1 N–H and O–H groups in total. The molecule has 2 fully saturated rings. The summed E-state index contributed by atoms with van der Waals surface area (Å²) in [5, 5.41) is 4.40. The molecule has 0 radical (unpaired) electrons. The van der Waals surface area contributed by atoms with E-state index in [2.05, 4.69) is 11.4 Å². The van der Waals surface area contributed by atoms with Gasteiger partial charge in [0.05, 0.1) is 13.2 Å². The number of ether oxygens (including phenoxy) is 2. The standard InChI is InChI=1S/C15H20ClNO2/c16-13-3-1-2-12(10-13)11-17-14-4-6-15(7-5-14)18-8-9-19-15/h1-3,10,14,17H,4-9,11H2. The normalized spacial score (nSPS) is 23.0. The van der Waals surface area contributed by atoms with Crippen molar-refractivity contribution in [2.45, 2.75) is 44.1 Å².